The summed E-state index contributed by atoms with van der Waals surface area (Å²) in [6, 6.07) is 63.6. The van der Waals surface area contributed by atoms with E-state index in [1.807, 2.05) is 12.1 Å². The van der Waals surface area contributed by atoms with E-state index in [2.05, 4.69) is 196 Å². The Hall–Kier alpha value is -7.82. The van der Waals surface area contributed by atoms with Crippen LogP contribution in [0.5, 0.6) is 0 Å². The van der Waals surface area contributed by atoms with Gasteiger partial charge in [0.15, 0.2) is 0 Å². The monoisotopic (exact) mass is 823 g/mol. The third-order valence-electron chi connectivity index (χ3n) is 14.7. The summed E-state index contributed by atoms with van der Waals surface area (Å²) in [5, 5.41) is 6.33. The number of nitrogens with zero attached hydrogens (tertiary/aromatic N) is 1. The zero-order valence-corrected chi connectivity index (χ0v) is 35.9. The van der Waals surface area contributed by atoms with Gasteiger partial charge in [0.2, 0.25) is 0 Å². The van der Waals surface area contributed by atoms with Gasteiger partial charge in [-0.15, -0.1) is 0 Å². The van der Waals surface area contributed by atoms with E-state index in [1.54, 1.807) is 0 Å². The largest absolute Gasteiger partial charge is 0.456 e. The summed E-state index contributed by atoms with van der Waals surface area (Å²) in [6.07, 6.45) is 0. The molecule has 0 saturated carbocycles. The van der Waals surface area contributed by atoms with Gasteiger partial charge in [0, 0.05) is 49.1 Å². The highest BCUT2D eigenvalue weighted by molar-refractivity contribution is 6.23. The molecule has 4 heteroatoms. The fourth-order valence-corrected chi connectivity index (χ4v) is 11.6. The Labute approximate surface area is 369 Å². The van der Waals surface area contributed by atoms with Crippen LogP contribution in [0.3, 0.4) is 0 Å². The summed E-state index contributed by atoms with van der Waals surface area (Å²) in [4.78, 5) is 2.45. The molecule has 3 aromatic heterocycles. The first-order chi connectivity index (χ1) is 31.2. The van der Waals surface area contributed by atoms with E-state index in [4.69, 9.17) is 13.3 Å². The van der Waals surface area contributed by atoms with Crippen molar-refractivity contribution in [3.8, 4) is 33.4 Å². The van der Waals surface area contributed by atoms with Gasteiger partial charge < -0.3 is 18.2 Å². The molecule has 9 aromatic carbocycles. The van der Waals surface area contributed by atoms with Gasteiger partial charge in [-0.2, -0.15) is 0 Å². The van der Waals surface area contributed by atoms with Crippen molar-refractivity contribution in [1.29, 1.82) is 0 Å². The van der Waals surface area contributed by atoms with Crippen molar-refractivity contribution in [2.24, 2.45) is 0 Å². The van der Waals surface area contributed by atoms with Gasteiger partial charge in [0.25, 0.3) is 0 Å². The van der Waals surface area contributed by atoms with E-state index in [1.165, 1.54) is 44.5 Å². The normalized spacial score (nSPS) is 14.5. The molecule has 14 rings (SSSR count). The van der Waals surface area contributed by atoms with Gasteiger partial charge in [0.1, 0.15) is 33.5 Å². The molecule has 0 fully saturated rings. The summed E-state index contributed by atoms with van der Waals surface area (Å²) < 4.78 is 20.1. The highest BCUT2D eigenvalue weighted by Gasteiger charge is 2.38. The Balaban J connectivity index is 1.00. The standard InChI is InChI=1S/C60H41NO3/c1-59(2)45-19-8-5-14-36(45)38-28-26-34(30-47(38)59)61(35-27-29-39-37-15-6-9-20-46(37)60(3,4)48(39)31-35)49-21-13-25-53-58(49)44-33-54-43(32-55(44)64-53)57-41(18-12-24-52(57)63-54)40-17-11-23-51-56(40)42-16-7-10-22-50(42)62-51/h5-33H,1-4H3. The molecule has 12 aromatic rings. The van der Waals surface area contributed by atoms with Crippen molar-refractivity contribution in [1.82, 2.24) is 0 Å². The van der Waals surface area contributed by atoms with Gasteiger partial charge >= 0.3 is 0 Å². The zero-order chi connectivity index (χ0) is 42.6. The molecule has 3 heterocycles. The summed E-state index contributed by atoms with van der Waals surface area (Å²) in [5.41, 5.74) is 20.8. The van der Waals surface area contributed by atoms with Crippen LogP contribution in [0.1, 0.15) is 49.9 Å². The highest BCUT2D eigenvalue weighted by atomic mass is 16.3. The van der Waals surface area contributed by atoms with Crippen LogP contribution in [0.15, 0.2) is 189 Å². The Morgan fingerprint density at radius 2 is 0.734 bits per heavy atom. The first-order valence-electron chi connectivity index (χ1n) is 22.2. The van der Waals surface area contributed by atoms with E-state index in [0.29, 0.717) is 0 Å². The average Bonchev–Trinajstić information content (AvgIpc) is 4.10. The molecule has 64 heavy (non-hydrogen) atoms. The maximum absolute atomic E-state index is 6.92. The van der Waals surface area contributed by atoms with Crippen LogP contribution in [0, 0.1) is 0 Å². The van der Waals surface area contributed by atoms with Crippen LogP contribution >= 0.6 is 0 Å². The van der Waals surface area contributed by atoms with Gasteiger partial charge in [-0.05, 0) is 122 Å². The first-order valence-corrected chi connectivity index (χ1v) is 22.2. The minimum Gasteiger partial charge on any atom is -0.456 e. The lowest BCUT2D eigenvalue weighted by atomic mass is 9.82. The quantitative estimate of drug-likeness (QED) is 0.177. The molecule has 0 spiro atoms. The van der Waals surface area contributed by atoms with Crippen molar-refractivity contribution in [3.63, 3.8) is 0 Å². The second-order valence-corrected chi connectivity index (χ2v) is 18.8. The molecule has 2 aliphatic carbocycles. The Bertz CT molecular complexity index is 3880. The summed E-state index contributed by atoms with van der Waals surface area (Å²) in [6.45, 7) is 9.42. The van der Waals surface area contributed by atoms with Crippen molar-refractivity contribution < 1.29 is 13.3 Å². The maximum atomic E-state index is 6.92. The molecule has 4 nitrogen and oxygen atoms in total. The predicted molar refractivity (Wildman–Crippen MR) is 264 cm³/mol. The minimum atomic E-state index is -0.161. The molecule has 2 aliphatic rings. The third-order valence-corrected chi connectivity index (χ3v) is 14.7. The maximum Gasteiger partial charge on any atom is 0.137 e. The van der Waals surface area contributed by atoms with Crippen molar-refractivity contribution in [3.05, 3.63) is 198 Å². The average molecular weight is 824 g/mol. The lowest BCUT2D eigenvalue weighted by Gasteiger charge is -2.30. The number of fused-ring (bicyclic) bond motifs is 15. The zero-order valence-electron chi connectivity index (χ0n) is 35.9. The van der Waals surface area contributed by atoms with Gasteiger partial charge in [-0.3, -0.25) is 0 Å². The molecule has 0 saturated heterocycles. The van der Waals surface area contributed by atoms with Crippen molar-refractivity contribution in [2.75, 3.05) is 4.90 Å². The highest BCUT2D eigenvalue weighted by Crippen LogP contribution is 2.54. The first kappa shape index (κ1) is 35.7. The second kappa shape index (κ2) is 12.4. The molecule has 0 aliphatic heterocycles. The number of hydrogen-bond donors (Lipinski definition) is 0. The van der Waals surface area contributed by atoms with Gasteiger partial charge in [-0.25, -0.2) is 0 Å². The molecular formula is C60H41NO3. The lowest BCUT2D eigenvalue weighted by Crippen LogP contribution is -2.18. The molecule has 0 bridgehead atoms. The topological polar surface area (TPSA) is 42.7 Å². The number of benzene rings is 9. The number of rotatable bonds is 4. The summed E-state index contributed by atoms with van der Waals surface area (Å²) in [5.74, 6) is 0. The van der Waals surface area contributed by atoms with Crippen molar-refractivity contribution in [2.45, 2.75) is 38.5 Å². The fourth-order valence-electron chi connectivity index (χ4n) is 11.6. The Morgan fingerprint density at radius 3 is 1.33 bits per heavy atom. The Kier molecular flexibility index (Phi) is 6.94. The molecule has 0 unspecified atom stereocenters. The van der Waals surface area contributed by atoms with Crippen LogP contribution in [0.4, 0.5) is 17.1 Å². The van der Waals surface area contributed by atoms with Gasteiger partial charge in [-0.1, -0.05) is 137 Å². The third kappa shape index (κ3) is 4.67. The second-order valence-electron chi connectivity index (χ2n) is 18.8. The SMILES string of the molecule is CC1(C)c2ccccc2-c2ccc(N(c3ccc4c(c3)C(C)(C)c3ccccc3-4)c3cccc4oc5cc6c(cc5c34)oc3cccc(-c4cccc5oc7ccccc7c45)c36)cc21. The summed E-state index contributed by atoms with van der Waals surface area (Å²) >= 11 is 0. The molecule has 0 N–H and O–H groups in total. The van der Waals surface area contributed by atoms with E-state index >= 15 is 0 Å². The van der Waals surface area contributed by atoms with E-state index in [0.717, 1.165) is 94.0 Å². The van der Waals surface area contributed by atoms with Crippen LogP contribution in [0.2, 0.25) is 0 Å². The van der Waals surface area contributed by atoms with Crippen LogP contribution in [-0.2, 0) is 10.8 Å². The molecule has 0 amide bonds. The van der Waals surface area contributed by atoms with E-state index in [9.17, 15) is 0 Å². The van der Waals surface area contributed by atoms with Gasteiger partial charge in [0.05, 0.1) is 11.1 Å². The Morgan fingerprint density at radius 1 is 0.312 bits per heavy atom. The minimum absolute atomic E-state index is 0.161. The number of para-hydroxylation sites is 1. The van der Waals surface area contributed by atoms with Crippen LogP contribution in [0.25, 0.3) is 99.2 Å². The molecule has 304 valence electrons. The molecule has 0 atom stereocenters. The number of anilines is 3. The number of furan rings is 3. The smallest absolute Gasteiger partial charge is 0.137 e. The fraction of sp³-hybridized carbons (Fsp3) is 0.100. The van der Waals surface area contributed by atoms with Crippen molar-refractivity contribution >= 4 is 82.9 Å². The van der Waals surface area contributed by atoms with Crippen LogP contribution < -0.4 is 4.90 Å². The van der Waals surface area contributed by atoms with E-state index in [-0.39, 0.29) is 10.8 Å². The lowest BCUT2D eigenvalue weighted by molar-refractivity contribution is 0.660. The van der Waals surface area contributed by atoms with E-state index < -0.39 is 0 Å². The van der Waals surface area contributed by atoms with Crippen LogP contribution in [-0.4, -0.2) is 0 Å². The molecule has 0 radical (unpaired) electrons. The molecular weight excluding hydrogens is 783 g/mol. The predicted octanol–water partition coefficient (Wildman–Crippen LogP) is 17.1. The number of hydrogen-bond acceptors (Lipinski definition) is 4. The summed E-state index contributed by atoms with van der Waals surface area (Å²) in [7, 11) is 0.